The lowest BCUT2D eigenvalue weighted by Gasteiger charge is -2.28. The van der Waals surface area contributed by atoms with Crippen LogP contribution in [0.4, 0.5) is 9.59 Å². The van der Waals surface area contributed by atoms with Crippen molar-refractivity contribution >= 4 is 12.3 Å². The predicted molar refractivity (Wildman–Crippen MR) is 118 cm³/mol. The Balaban J connectivity index is 2.00. The van der Waals surface area contributed by atoms with E-state index in [9.17, 15) is 9.59 Å². The summed E-state index contributed by atoms with van der Waals surface area (Å²) in [5.41, 5.74) is 0. The minimum atomic E-state index is -0.659. The summed E-state index contributed by atoms with van der Waals surface area (Å²) in [7, 11) is 0. The molecular formula is C24H44O6. The third-order valence-corrected chi connectivity index (χ3v) is 5.33. The molecule has 0 aliphatic heterocycles. The van der Waals surface area contributed by atoms with E-state index in [0.717, 1.165) is 38.0 Å². The van der Waals surface area contributed by atoms with E-state index in [0.29, 0.717) is 13.0 Å². The molecule has 0 aromatic heterocycles. The fourth-order valence-electron chi connectivity index (χ4n) is 3.71. The third-order valence-electron chi connectivity index (χ3n) is 5.33. The molecule has 0 heterocycles. The van der Waals surface area contributed by atoms with Crippen LogP contribution in [0, 0.1) is 5.92 Å². The molecule has 0 N–H and O–H groups in total. The molecule has 30 heavy (non-hydrogen) atoms. The Labute approximate surface area is 183 Å². The summed E-state index contributed by atoms with van der Waals surface area (Å²) in [4.78, 5) is 23.5. The number of hydrogen-bond donors (Lipinski definition) is 0. The highest BCUT2D eigenvalue weighted by Gasteiger charge is 2.28. The average molecular weight is 429 g/mol. The van der Waals surface area contributed by atoms with Crippen LogP contribution >= 0.6 is 0 Å². The van der Waals surface area contributed by atoms with Gasteiger partial charge in [0.15, 0.2) is 0 Å². The monoisotopic (exact) mass is 428 g/mol. The van der Waals surface area contributed by atoms with Gasteiger partial charge in [-0.25, -0.2) is 9.59 Å². The summed E-state index contributed by atoms with van der Waals surface area (Å²) >= 11 is 0. The average Bonchev–Trinajstić information content (AvgIpc) is 2.65. The molecule has 1 fully saturated rings. The van der Waals surface area contributed by atoms with Crippen LogP contribution in [0.25, 0.3) is 0 Å². The van der Waals surface area contributed by atoms with E-state index in [2.05, 4.69) is 13.8 Å². The standard InChI is InChI=1S/C24H44O6/c1-19(2)14-11-9-7-5-6-8-10-12-17-27-23(25)29-21-15-13-16-22(18-21)30-24(26)28-20(3)4/h19-22H,5-18H2,1-4H3. The summed E-state index contributed by atoms with van der Waals surface area (Å²) in [5.74, 6) is 0.818. The van der Waals surface area contributed by atoms with E-state index >= 15 is 0 Å². The smallest absolute Gasteiger partial charge is 0.434 e. The van der Waals surface area contributed by atoms with Crippen LogP contribution in [0.5, 0.6) is 0 Å². The number of hydrogen-bond acceptors (Lipinski definition) is 6. The van der Waals surface area contributed by atoms with Crippen molar-refractivity contribution in [1.29, 1.82) is 0 Å². The quantitative estimate of drug-likeness (QED) is 0.215. The molecule has 1 aliphatic rings. The van der Waals surface area contributed by atoms with Gasteiger partial charge >= 0.3 is 12.3 Å². The minimum Gasteiger partial charge on any atom is -0.434 e. The Hall–Kier alpha value is -1.46. The minimum absolute atomic E-state index is 0.210. The third kappa shape index (κ3) is 14.5. The fourth-order valence-corrected chi connectivity index (χ4v) is 3.71. The molecule has 0 amide bonds. The Bertz CT molecular complexity index is 463. The molecule has 0 saturated heterocycles. The number of carbonyl (C=O) groups is 2. The molecule has 0 aromatic carbocycles. The zero-order valence-corrected chi connectivity index (χ0v) is 19.7. The Morgan fingerprint density at radius 2 is 1.30 bits per heavy atom. The second-order valence-corrected chi connectivity index (χ2v) is 9.17. The number of carbonyl (C=O) groups excluding carboxylic acids is 2. The molecule has 1 saturated carbocycles. The van der Waals surface area contributed by atoms with Crippen LogP contribution < -0.4 is 0 Å². The molecule has 0 spiro atoms. The molecular weight excluding hydrogens is 384 g/mol. The number of ether oxygens (including phenoxy) is 4. The highest BCUT2D eigenvalue weighted by atomic mass is 16.7. The molecule has 6 nitrogen and oxygen atoms in total. The summed E-state index contributed by atoms with van der Waals surface area (Å²) in [5, 5.41) is 0. The maximum atomic E-state index is 11.9. The summed E-state index contributed by atoms with van der Waals surface area (Å²) in [6.07, 6.45) is 11.9. The van der Waals surface area contributed by atoms with Crippen LogP contribution in [0.3, 0.4) is 0 Å². The molecule has 2 unspecified atom stereocenters. The Morgan fingerprint density at radius 3 is 1.87 bits per heavy atom. The van der Waals surface area contributed by atoms with E-state index in [1.165, 1.54) is 44.9 Å². The maximum Gasteiger partial charge on any atom is 0.508 e. The zero-order chi connectivity index (χ0) is 22.2. The fraction of sp³-hybridized carbons (Fsp3) is 0.917. The van der Waals surface area contributed by atoms with Crippen molar-refractivity contribution in [2.45, 2.75) is 129 Å². The van der Waals surface area contributed by atoms with Crippen molar-refractivity contribution in [2.75, 3.05) is 6.61 Å². The van der Waals surface area contributed by atoms with Gasteiger partial charge in [0.1, 0.15) is 12.2 Å². The van der Waals surface area contributed by atoms with E-state index in [4.69, 9.17) is 18.9 Å². The summed E-state index contributed by atoms with van der Waals surface area (Å²) < 4.78 is 20.9. The van der Waals surface area contributed by atoms with Crippen LogP contribution in [-0.2, 0) is 18.9 Å². The lowest BCUT2D eigenvalue weighted by Crippen LogP contribution is -2.32. The first kappa shape index (κ1) is 26.6. The largest absolute Gasteiger partial charge is 0.508 e. The summed E-state index contributed by atoms with van der Waals surface area (Å²) in [6.45, 7) is 8.52. The van der Waals surface area contributed by atoms with Gasteiger partial charge in [-0.2, -0.15) is 0 Å². The van der Waals surface area contributed by atoms with Crippen molar-refractivity contribution in [3.05, 3.63) is 0 Å². The van der Waals surface area contributed by atoms with Crippen LogP contribution in [0.1, 0.15) is 111 Å². The van der Waals surface area contributed by atoms with Crippen molar-refractivity contribution < 1.29 is 28.5 Å². The van der Waals surface area contributed by atoms with Gasteiger partial charge in [0.25, 0.3) is 0 Å². The second kappa shape index (κ2) is 16.3. The van der Waals surface area contributed by atoms with E-state index in [1.54, 1.807) is 13.8 Å². The first-order valence-electron chi connectivity index (χ1n) is 12.1. The molecule has 1 rings (SSSR count). The molecule has 2 atom stereocenters. The van der Waals surface area contributed by atoms with Gasteiger partial charge in [0.05, 0.1) is 12.7 Å². The first-order valence-corrected chi connectivity index (χ1v) is 12.1. The lowest BCUT2D eigenvalue weighted by atomic mass is 9.95. The van der Waals surface area contributed by atoms with Gasteiger partial charge in [0, 0.05) is 6.42 Å². The molecule has 0 bridgehead atoms. The SMILES string of the molecule is CC(C)CCCCCCCCCCOC(=O)OC1CCCC(OC(=O)OC(C)C)C1. The van der Waals surface area contributed by atoms with Gasteiger partial charge in [-0.05, 0) is 45.4 Å². The van der Waals surface area contributed by atoms with Crippen molar-refractivity contribution in [3.8, 4) is 0 Å². The predicted octanol–water partition coefficient (Wildman–Crippen LogP) is 7.18. The molecule has 0 aromatic rings. The highest BCUT2D eigenvalue weighted by molar-refractivity contribution is 5.61. The van der Waals surface area contributed by atoms with Gasteiger partial charge in [0.2, 0.25) is 0 Å². The molecule has 0 radical (unpaired) electrons. The lowest BCUT2D eigenvalue weighted by molar-refractivity contribution is -0.0400. The van der Waals surface area contributed by atoms with Crippen LogP contribution in [-0.4, -0.2) is 37.2 Å². The van der Waals surface area contributed by atoms with Crippen LogP contribution in [0.2, 0.25) is 0 Å². The zero-order valence-electron chi connectivity index (χ0n) is 19.7. The molecule has 1 aliphatic carbocycles. The van der Waals surface area contributed by atoms with Crippen molar-refractivity contribution in [2.24, 2.45) is 5.92 Å². The van der Waals surface area contributed by atoms with Gasteiger partial charge in [-0.3, -0.25) is 0 Å². The Kier molecular flexibility index (Phi) is 14.4. The topological polar surface area (TPSA) is 71.1 Å². The van der Waals surface area contributed by atoms with Gasteiger partial charge < -0.3 is 18.9 Å². The van der Waals surface area contributed by atoms with E-state index in [-0.39, 0.29) is 18.3 Å². The first-order chi connectivity index (χ1) is 14.4. The van der Waals surface area contributed by atoms with Crippen LogP contribution in [0.15, 0.2) is 0 Å². The Morgan fingerprint density at radius 1 is 0.767 bits per heavy atom. The molecule has 176 valence electrons. The van der Waals surface area contributed by atoms with Gasteiger partial charge in [-0.1, -0.05) is 65.2 Å². The number of rotatable bonds is 14. The maximum absolute atomic E-state index is 11.9. The second-order valence-electron chi connectivity index (χ2n) is 9.17. The van der Waals surface area contributed by atoms with E-state index < -0.39 is 12.3 Å². The van der Waals surface area contributed by atoms with Gasteiger partial charge in [-0.15, -0.1) is 0 Å². The summed E-state index contributed by atoms with van der Waals surface area (Å²) in [6, 6.07) is 0. The number of unbranched alkanes of at least 4 members (excludes halogenated alkanes) is 7. The normalized spacial score (nSPS) is 19.0. The van der Waals surface area contributed by atoms with E-state index in [1.807, 2.05) is 0 Å². The van der Waals surface area contributed by atoms with Crippen molar-refractivity contribution in [3.63, 3.8) is 0 Å². The highest BCUT2D eigenvalue weighted by Crippen LogP contribution is 2.24. The van der Waals surface area contributed by atoms with Crippen molar-refractivity contribution in [1.82, 2.24) is 0 Å². The molecule has 6 heteroatoms.